The molecule has 5 heteroatoms. The lowest BCUT2D eigenvalue weighted by atomic mass is 9.87. The van der Waals surface area contributed by atoms with Gasteiger partial charge >= 0.3 is 0 Å². The number of nitrogens with one attached hydrogen (secondary N) is 1. The van der Waals surface area contributed by atoms with Gasteiger partial charge < -0.3 is 10.1 Å². The van der Waals surface area contributed by atoms with Crippen LogP contribution in [-0.2, 0) is 0 Å². The van der Waals surface area contributed by atoms with Gasteiger partial charge in [0.2, 0.25) is 0 Å². The highest BCUT2D eigenvalue weighted by Crippen LogP contribution is 2.36. The molecule has 1 N–H and O–H groups in total. The first kappa shape index (κ1) is 14.5. The predicted molar refractivity (Wildman–Crippen MR) is 82.9 cm³/mol. The van der Waals surface area contributed by atoms with Crippen molar-refractivity contribution in [2.75, 3.05) is 39.3 Å². The van der Waals surface area contributed by atoms with Crippen molar-refractivity contribution in [3.63, 3.8) is 0 Å². The van der Waals surface area contributed by atoms with Crippen LogP contribution >= 0.6 is 23.2 Å². The molecule has 2 aliphatic heterocycles. The summed E-state index contributed by atoms with van der Waals surface area (Å²) in [6, 6.07) is 5.43. The Hall–Kier alpha value is -0.480. The highest BCUT2D eigenvalue weighted by atomic mass is 35.5. The van der Waals surface area contributed by atoms with Crippen molar-refractivity contribution in [3.8, 4) is 5.75 Å². The third-order valence-electron chi connectivity index (χ3n) is 4.42. The fourth-order valence-corrected chi connectivity index (χ4v) is 3.77. The molecule has 3 rings (SSSR count). The Balaban J connectivity index is 1.49. The van der Waals surface area contributed by atoms with Gasteiger partial charge in [-0.3, -0.25) is 4.90 Å². The number of hydrogen-bond donors (Lipinski definition) is 1. The van der Waals surface area contributed by atoms with Gasteiger partial charge in [-0.1, -0.05) is 29.3 Å². The summed E-state index contributed by atoms with van der Waals surface area (Å²) in [6.45, 7) is 6.25. The Labute approximate surface area is 130 Å². The molecule has 20 heavy (non-hydrogen) atoms. The van der Waals surface area contributed by atoms with Crippen LogP contribution in [-0.4, -0.2) is 44.2 Å². The van der Waals surface area contributed by atoms with E-state index in [-0.39, 0.29) is 0 Å². The summed E-state index contributed by atoms with van der Waals surface area (Å²) in [5.74, 6) is 0.604. The van der Waals surface area contributed by atoms with Crippen LogP contribution < -0.4 is 10.1 Å². The van der Waals surface area contributed by atoms with Crippen LogP contribution in [0.4, 0.5) is 0 Å². The SMILES string of the molecule is Clc1cccc(Cl)c1OCCN1CCC2(CCNC2)C1. The lowest BCUT2D eigenvalue weighted by Crippen LogP contribution is -2.31. The lowest BCUT2D eigenvalue weighted by Gasteiger charge is -2.22. The van der Waals surface area contributed by atoms with Crippen LogP contribution in [0.3, 0.4) is 0 Å². The Bertz CT molecular complexity index is 455. The quantitative estimate of drug-likeness (QED) is 0.924. The topological polar surface area (TPSA) is 24.5 Å². The number of halogens is 2. The zero-order valence-corrected chi connectivity index (χ0v) is 13.0. The lowest BCUT2D eigenvalue weighted by molar-refractivity contribution is 0.217. The van der Waals surface area contributed by atoms with Gasteiger partial charge in [-0.2, -0.15) is 0 Å². The van der Waals surface area contributed by atoms with Gasteiger partial charge in [-0.05, 0) is 43.5 Å². The average molecular weight is 315 g/mol. The molecule has 2 saturated heterocycles. The molecule has 2 aliphatic rings. The zero-order valence-electron chi connectivity index (χ0n) is 11.5. The first-order valence-corrected chi connectivity index (χ1v) is 7.94. The predicted octanol–water partition coefficient (Wildman–Crippen LogP) is 3.06. The van der Waals surface area contributed by atoms with Crippen molar-refractivity contribution in [1.82, 2.24) is 10.2 Å². The van der Waals surface area contributed by atoms with Crippen LogP contribution in [0.2, 0.25) is 10.0 Å². The Morgan fingerprint density at radius 3 is 2.75 bits per heavy atom. The molecule has 1 unspecified atom stereocenters. The second kappa shape index (κ2) is 6.10. The molecule has 3 nitrogen and oxygen atoms in total. The van der Waals surface area contributed by atoms with Crippen molar-refractivity contribution in [2.24, 2.45) is 5.41 Å². The highest BCUT2D eigenvalue weighted by Gasteiger charge is 2.39. The van der Waals surface area contributed by atoms with Crippen molar-refractivity contribution in [3.05, 3.63) is 28.2 Å². The van der Waals surface area contributed by atoms with E-state index in [1.807, 2.05) is 6.07 Å². The number of rotatable bonds is 4. The minimum absolute atomic E-state index is 0.516. The standard InChI is InChI=1S/C15H20Cl2N2O/c16-12-2-1-3-13(17)14(12)20-9-8-19-7-5-15(11-19)4-6-18-10-15/h1-3,18H,4-11H2. The van der Waals surface area contributed by atoms with E-state index in [0.29, 0.717) is 27.8 Å². The van der Waals surface area contributed by atoms with E-state index in [1.165, 1.54) is 39.0 Å². The number of hydrogen-bond acceptors (Lipinski definition) is 3. The highest BCUT2D eigenvalue weighted by molar-refractivity contribution is 6.37. The monoisotopic (exact) mass is 314 g/mol. The first-order chi connectivity index (χ1) is 9.69. The van der Waals surface area contributed by atoms with Gasteiger partial charge in [0.25, 0.3) is 0 Å². The number of likely N-dealkylation sites (tertiary alicyclic amines) is 1. The molecular weight excluding hydrogens is 295 g/mol. The summed E-state index contributed by atoms with van der Waals surface area (Å²) in [6.07, 6.45) is 2.60. The molecule has 1 atom stereocenters. The smallest absolute Gasteiger partial charge is 0.156 e. The summed E-state index contributed by atoms with van der Waals surface area (Å²) in [5.41, 5.74) is 0.516. The Morgan fingerprint density at radius 1 is 1.25 bits per heavy atom. The molecule has 0 radical (unpaired) electrons. The second-order valence-electron chi connectivity index (χ2n) is 5.85. The molecule has 2 fully saturated rings. The van der Waals surface area contributed by atoms with Crippen LogP contribution in [0.25, 0.3) is 0 Å². The summed E-state index contributed by atoms with van der Waals surface area (Å²) in [7, 11) is 0. The van der Waals surface area contributed by atoms with Crippen LogP contribution in [0.15, 0.2) is 18.2 Å². The van der Waals surface area contributed by atoms with Crippen LogP contribution in [0.5, 0.6) is 5.75 Å². The Morgan fingerprint density at radius 2 is 2.05 bits per heavy atom. The van der Waals surface area contributed by atoms with Crippen molar-refractivity contribution in [1.29, 1.82) is 0 Å². The van der Waals surface area contributed by atoms with Crippen LogP contribution in [0.1, 0.15) is 12.8 Å². The van der Waals surface area contributed by atoms with E-state index in [2.05, 4.69) is 10.2 Å². The molecule has 0 bridgehead atoms. The largest absolute Gasteiger partial charge is 0.489 e. The van der Waals surface area contributed by atoms with Gasteiger partial charge in [0.05, 0.1) is 10.0 Å². The molecular formula is C15H20Cl2N2O. The average Bonchev–Trinajstić information content (AvgIpc) is 3.04. The summed E-state index contributed by atoms with van der Waals surface area (Å²) in [4.78, 5) is 2.48. The number of nitrogens with zero attached hydrogens (tertiary/aromatic N) is 1. The minimum atomic E-state index is 0.516. The van der Waals surface area contributed by atoms with Gasteiger partial charge in [0.15, 0.2) is 5.75 Å². The van der Waals surface area contributed by atoms with Gasteiger partial charge in [0.1, 0.15) is 6.61 Å². The fourth-order valence-electron chi connectivity index (χ4n) is 3.26. The van der Waals surface area contributed by atoms with E-state index in [1.54, 1.807) is 12.1 Å². The van der Waals surface area contributed by atoms with Crippen LogP contribution in [0, 0.1) is 5.41 Å². The molecule has 2 heterocycles. The summed E-state index contributed by atoms with van der Waals surface area (Å²) >= 11 is 12.2. The number of para-hydroxylation sites is 1. The maximum atomic E-state index is 6.09. The summed E-state index contributed by atoms with van der Waals surface area (Å²) in [5, 5.41) is 4.64. The molecule has 0 saturated carbocycles. The minimum Gasteiger partial charge on any atom is -0.489 e. The van der Waals surface area contributed by atoms with Crippen molar-refractivity contribution in [2.45, 2.75) is 12.8 Å². The maximum absolute atomic E-state index is 6.09. The van der Waals surface area contributed by atoms with Gasteiger partial charge in [0, 0.05) is 19.6 Å². The van der Waals surface area contributed by atoms with E-state index in [9.17, 15) is 0 Å². The third-order valence-corrected chi connectivity index (χ3v) is 5.02. The molecule has 0 aliphatic carbocycles. The molecule has 0 aromatic heterocycles. The van der Waals surface area contributed by atoms with E-state index < -0.39 is 0 Å². The maximum Gasteiger partial charge on any atom is 0.156 e. The molecule has 1 spiro atoms. The normalized spacial score (nSPS) is 26.5. The number of benzene rings is 1. The van der Waals surface area contributed by atoms with Gasteiger partial charge in [-0.25, -0.2) is 0 Å². The number of ether oxygens (including phenoxy) is 1. The van der Waals surface area contributed by atoms with E-state index >= 15 is 0 Å². The molecule has 0 amide bonds. The summed E-state index contributed by atoms with van der Waals surface area (Å²) < 4.78 is 5.76. The third kappa shape index (κ3) is 3.06. The van der Waals surface area contributed by atoms with Crippen molar-refractivity contribution < 1.29 is 4.74 Å². The Kier molecular flexibility index (Phi) is 4.41. The zero-order chi connectivity index (χ0) is 14.0. The second-order valence-corrected chi connectivity index (χ2v) is 6.67. The molecule has 1 aromatic rings. The van der Waals surface area contributed by atoms with Gasteiger partial charge in [-0.15, -0.1) is 0 Å². The first-order valence-electron chi connectivity index (χ1n) is 7.18. The molecule has 1 aromatic carbocycles. The molecule has 110 valence electrons. The van der Waals surface area contributed by atoms with E-state index in [0.717, 1.165) is 6.54 Å². The van der Waals surface area contributed by atoms with E-state index in [4.69, 9.17) is 27.9 Å². The van der Waals surface area contributed by atoms with Crippen molar-refractivity contribution >= 4 is 23.2 Å². The fraction of sp³-hybridized carbons (Fsp3) is 0.600.